The van der Waals surface area contributed by atoms with E-state index in [1.54, 1.807) is 18.7 Å². The van der Waals surface area contributed by atoms with Gasteiger partial charge in [-0.15, -0.1) is 0 Å². The first-order chi connectivity index (χ1) is 12.4. The van der Waals surface area contributed by atoms with Gasteiger partial charge in [0.25, 0.3) is 5.91 Å². The Hall–Kier alpha value is -2.76. The van der Waals surface area contributed by atoms with Gasteiger partial charge in [-0.2, -0.15) is 0 Å². The summed E-state index contributed by atoms with van der Waals surface area (Å²) < 4.78 is 3.64. The number of benzene rings is 1. The monoisotopic (exact) mass is 352 g/mol. The molecule has 1 aliphatic rings. The van der Waals surface area contributed by atoms with Gasteiger partial charge in [-0.25, -0.2) is 4.79 Å². The summed E-state index contributed by atoms with van der Waals surface area (Å²) in [6.45, 7) is 2.82. The van der Waals surface area contributed by atoms with Crippen molar-refractivity contribution in [2.75, 3.05) is 20.6 Å². The lowest BCUT2D eigenvalue weighted by atomic mass is 10.2. The van der Waals surface area contributed by atoms with Crippen molar-refractivity contribution in [1.29, 1.82) is 0 Å². The third-order valence-electron chi connectivity index (χ3n) is 5.47. The summed E-state index contributed by atoms with van der Waals surface area (Å²) in [4.78, 5) is 29.7. The molecule has 1 atom stereocenters. The van der Waals surface area contributed by atoms with Crippen LogP contribution in [-0.2, 0) is 7.05 Å². The van der Waals surface area contributed by atoms with Crippen LogP contribution in [0.5, 0.6) is 0 Å². The zero-order valence-corrected chi connectivity index (χ0v) is 15.7. The Morgan fingerprint density at radius 2 is 1.88 bits per heavy atom. The Labute approximate surface area is 152 Å². The van der Waals surface area contributed by atoms with Gasteiger partial charge in [-0.05, 0) is 31.9 Å². The summed E-state index contributed by atoms with van der Waals surface area (Å²) in [5, 5.41) is 0.980. The number of carbonyl (C=O) groups excluding carboxylic acids is 2. The van der Waals surface area contributed by atoms with Crippen molar-refractivity contribution in [2.45, 2.75) is 25.8 Å². The lowest BCUT2D eigenvalue weighted by Crippen LogP contribution is -2.37. The van der Waals surface area contributed by atoms with Gasteiger partial charge < -0.3 is 14.4 Å². The zero-order valence-electron chi connectivity index (χ0n) is 15.7. The molecule has 3 aromatic rings. The maximum Gasteiger partial charge on any atom is 0.328 e. The fourth-order valence-corrected chi connectivity index (χ4v) is 4.05. The number of amides is 2. The lowest BCUT2D eigenvalue weighted by Gasteiger charge is -2.23. The number of hydrogen-bond donors (Lipinski definition) is 0. The summed E-state index contributed by atoms with van der Waals surface area (Å²) >= 11 is 0. The van der Waals surface area contributed by atoms with E-state index in [2.05, 4.69) is 6.92 Å². The molecule has 0 N–H and O–H groups in total. The third kappa shape index (κ3) is 2.25. The molecule has 2 amide bonds. The van der Waals surface area contributed by atoms with Crippen molar-refractivity contribution in [3.05, 3.63) is 36.0 Å². The minimum Gasteiger partial charge on any atom is -0.342 e. The van der Waals surface area contributed by atoms with Gasteiger partial charge in [0.2, 0.25) is 0 Å². The molecule has 0 aliphatic carbocycles. The molecule has 1 aromatic carbocycles. The highest BCUT2D eigenvalue weighted by atomic mass is 16.2. The Morgan fingerprint density at radius 1 is 1.15 bits per heavy atom. The first kappa shape index (κ1) is 16.7. The largest absolute Gasteiger partial charge is 0.342 e. The first-order valence-corrected chi connectivity index (χ1v) is 9.03. The number of nitrogens with zero attached hydrogens (tertiary/aromatic N) is 4. The van der Waals surface area contributed by atoms with Crippen LogP contribution in [0, 0.1) is 0 Å². The van der Waals surface area contributed by atoms with E-state index >= 15 is 0 Å². The summed E-state index contributed by atoms with van der Waals surface area (Å²) in [5.41, 5.74) is 3.20. The zero-order chi connectivity index (χ0) is 18.6. The van der Waals surface area contributed by atoms with Crippen LogP contribution in [0.4, 0.5) is 4.79 Å². The van der Waals surface area contributed by atoms with Crippen LogP contribution < -0.4 is 0 Å². The second-order valence-corrected chi connectivity index (χ2v) is 7.34. The van der Waals surface area contributed by atoms with Gasteiger partial charge in [0.15, 0.2) is 0 Å². The van der Waals surface area contributed by atoms with Gasteiger partial charge in [0.05, 0.1) is 16.6 Å². The number of aromatic nitrogens is 2. The van der Waals surface area contributed by atoms with Crippen molar-refractivity contribution in [3.63, 3.8) is 0 Å². The van der Waals surface area contributed by atoms with Gasteiger partial charge >= 0.3 is 6.03 Å². The van der Waals surface area contributed by atoms with E-state index in [-0.39, 0.29) is 18.0 Å². The Balaban J connectivity index is 2.01. The number of hydrogen-bond acceptors (Lipinski definition) is 2. The molecule has 0 bridgehead atoms. The second-order valence-electron chi connectivity index (χ2n) is 7.34. The fraction of sp³-hybridized carbons (Fsp3) is 0.400. The SMILES string of the molecule is C[C@H]1CCCN1C(=O)c1cc2c(c3ccccc3n2C)n1C(=O)N(C)C. The predicted octanol–water partition coefficient (Wildman–Crippen LogP) is 3.29. The summed E-state index contributed by atoms with van der Waals surface area (Å²) in [7, 11) is 5.40. The molecule has 3 heterocycles. The summed E-state index contributed by atoms with van der Waals surface area (Å²) in [6, 6.07) is 9.85. The standard InChI is InChI=1S/C20H24N4O2/c1-13-8-7-11-23(13)19(25)17-12-16-18(24(17)20(26)21(2)3)14-9-5-6-10-15(14)22(16)4/h5-6,9-10,12-13H,7-8,11H2,1-4H3/t13-/m0/s1. The predicted molar refractivity (Wildman–Crippen MR) is 103 cm³/mol. The molecule has 4 rings (SSSR count). The number of carbonyl (C=O) groups is 2. The molecule has 26 heavy (non-hydrogen) atoms. The Kier molecular flexibility index (Phi) is 3.79. The fourth-order valence-electron chi connectivity index (χ4n) is 4.05. The van der Waals surface area contributed by atoms with E-state index in [0.717, 1.165) is 41.3 Å². The average molecular weight is 352 g/mol. The first-order valence-electron chi connectivity index (χ1n) is 9.03. The molecule has 2 aromatic heterocycles. The molecule has 136 valence electrons. The van der Waals surface area contributed by atoms with Crippen molar-refractivity contribution in [2.24, 2.45) is 7.05 Å². The van der Waals surface area contributed by atoms with Crippen LogP contribution in [0.25, 0.3) is 21.9 Å². The number of fused-ring (bicyclic) bond motifs is 3. The highest BCUT2D eigenvalue weighted by molar-refractivity contribution is 6.14. The molecule has 0 spiro atoms. The van der Waals surface area contributed by atoms with Crippen molar-refractivity contribution in [3.8, 4) is 0 Å². The maximum absolute atomic E-state index is 13.2. The smallest absolute Gasteiger partial charge is 0.328 e. The number of para-hydroxylation sites is 1. The average Bonchev–Trinajstić information content (AvgIpc) is 3.29. The Bertz CT molecular complexity index is 1030. The third-order valence-corrected chi connectivity index (χ3v) is 5.47. The van der Waals surface area contributed by atoms with Gasteiger partial charge in [-0.3, -0.25) is 9.36 Å². The van der Waals surface area contributed by atoms with Crippen molar-refractivity contribution < 1.29 is 9.59 Å². The minimum atomic E-state index is -0.202. The summed E-state index contributed by atoms with van der Waals surface area (Å²) in [5.74, 6) is -0.0644. The van der Waals surface area contributed by atoms with E-state index in [4.69, 9.17) is 0 Å². The molecule has 1 saturated heterocycles. The molecule has 6 heteroatoms. The maximum atomic E-state index is 13.2. The molecular formula is C20H24N4O2. The van der Waals surface area contributed by atoms with E-state index in [1.165, 1.54) is 4.90 Å². The van der Waals surface area contributed by atoms with Crippen LogP contribution in [-0.4, -0.2) is 57.6 Å². The molecule has 0 saturated carbocycles. The summed E-state index contributed by atoms with van der Waals surface area (Å²) in [6.07, 6.45) is 2.02. The molecular weight excluding hydrogens is 328 g/mol. The Morgan fingerprint density at radius 3 is 2.54 bits per heavy atom. The molecule has 6 nitrogen and oxygen atoms in total. The minimum absolute atomic E-state index is 0.0644. The molecule has 1 aliphatic heterocycles. The topological polar surface area (TPSA) is 50.5 Å². The van der Waals surface area contributed by atoms with E-state index in [0.29, 0.717) is 5.69 Å². The number of likely N-dealkylation sites (tertiary alicyclic amines) is 1. The van der Waals surface area contributed by atoms with Gasteiger partial charge in [-0.1, -0.05) is 18.2 Å². The van der Waals surface area contributed by atoms with Crippen LogP contribution in [0.15, 0.2) is 30.3 Å². The highest BCUT2D eigenvalue weighted by Crippen LogP contribution is 2.32. The van der Waals surface area contributed by atoms with Crippen molar-refractivity contribution in [1.82, 2.24) is 18.9 Å². The normalized spacial score (nSPS) is 17.4. The lowest BCUT2D eigenvalue weighted by molar-refractivity contribution is 0.0737. The van der Waals surface area contributed by atoms with E-state index in [1.807, 2.05) is 46.8 Å². The van der Waals surface area contributed by atoms with E-state index < -0.39 is 0 Å². The van der Waals surface area contributed by atoms with Gasteiger partial charge in [0, 0.05) is 39.1 Å². The molecule has 0 radical (unpaired) electrons. The molecule has 1 fully saturated rings. The quantitative estimate of drug-likeness (QED) is 0.675. The molecule has 0 unspecified atom stereocenters. The van der Waals surface area contributed by atoms with Crippen LogP contribution in [0.3, 0.4) is 0 Å². The number of aryl methyl sites for hydroxylation is 1. The second kappa shape index (κ2) is 5.90. The van der Waals surface area contributed by atoms with Crippen LogP contribution in [0.1, 0.15) is 30.3 Å². The van der Waals surface area contributed by atoms with Crippen molar-refractivity contribution >= 4 is 33.9 Å². The number of rotatable bonds is 1. The highest BCUT2D eigenvalue weighted by Gasteiger charge is 2.32. The van der Waals surface area contributed by atoms with Crippen LogP contribution >= 0.6 is 0 Å². The van der Waals surface area contributed by atoms with Gasteiger partial charge in [0.1, 0.15) is 5.69 Å². The van der Waals surface area contributed by atoms with E-state index in [9.17, 15) is 9.59 Å². The van der Waals surface area contributed by atoms with Crippen LogP contribution in [0.2, 0.25) is 0 Å².